The zero-order chi connectivity index (χ0) is 12.1. The second-order valence-corrected chi connectivity index (χ2v) is 3.75. The third-order valence-electron chi connectivity index (χ3n) is 2.34. The minimum absolute atomic E-state index is 0.0236. The highest BCUT2D eigenvalue weighted by atomic mass is 16.3. The molecule has 0 aromatic carbocycles. The molecule has 5 nitrogen and oxygen atoms in total. The van der Waals surface area contributed by atoms with Gasteiger partial charge in [-0.25, -0.2) is 4.98 Å². The number of pyridine rings is 1. The molecule has 1 amide bonds. The number of hydrogen-bond donors (Lipinski definition) is 2. The Bertz CT molecular complexity index is 366. The average Bonchev–Trinajstić information content (AvgIpc) is 2.22. The second-order valence-electron chi connectivity index (χ2n) is 3.75. The fourth-order valence-corrected chi connectivity index (χ4v) is 1.48. The molecule has 0 saturated carbocycles. The van der Waals surface area contributed by atoms with Crippen LogP contribution in [0.5, 0.6) is 5.75 Å². The van der Waals surface area contributed by atoms with Crippen molar-refractivity contribution in [2.75, 3.05) is 19.4 Å². The van der Waals surface area contributed by atoms with E-state index in [0.29, 0.717) is 6.42 Å². The summed E-state index contributed by atoms with van der Waals surface area (Å²) in [5.74, 6) is 0.0127. The summed E-state index contributed by atoms with van der Waals surface area (Å²) < 4.78 is 0. The smallest absolute Gasteiger partial charge is 0.242 e. The average molecular weight is 223 g/mol. The van der Waals surface area contributed by atoms with E-state index < -0.39 is 0 Å². The van der Waals surface area contributed by atoms with Crippen molar-refractivity contribution < 1.29 is 9.90 Å². The Morgan fingerprint density at radius 2 is 2.31 bits per heavy atom. The summed E-state index contributed by atoms with van der Waals surface area (Å²) in [7, 11) is 3.68. The van der Waals surface area contributed by atoms with Gasteiger partial charge in [-0.2, -0.15) is 0 Å². The molecule has 1 unspecified atom stereocenters. The van der Waals surface area contributed by atoms with Gasteiger partial charge in [0.25, 0.3) is 0 Å². The van der Waals surface area contributed by atoms with Crippen molar-refractivity contribution in [3.63, 3.8) is 0 Å². The number of aromatic nitrogens is 1. The van der Waals surface area contributed by atoms with Gasteiger partial charge in [0.05, 0.1) is 6.04 Å². The summed E-state index contributed by atoms with van der Waals surface area (Å²) in [6, 6.07) is 2.87. The van der Waals surface area contributed by atoms with Gasteiger partial charge in [0.2, 0.25) is 5.91 Å². The van der Waals surface area contributed by atoms with E-state index in [-0.39, 0.29) is 23.5 Å². The Labute approximate surface area is 95.1 Å². The van der Waals surface area contributed by atoms with Crippen LogP contribution in [0.1, 0.15) is 13.3 Å². The molecule has 0 aliphatic rings. The highest BCUT2D eigenvalue weighted by molar-refractivity contribution is 5.94. The molecule has 5 heteroatoms. The zero-order valence-electron chi connectivity index (χ0n) is 9.77. The van der Waals surface area contributed by atoms with Crippen molar-refractivity contribution >= 4 is 11.7 Å². The van der Waals surface area contributed by atoms with Crippen LogP contribution in [0.2, 0.25) is 0 Å². The topological polar surface area (TPSA) is 65.5 Å². The lowest BCUT2D eigenvalue weighted by molar-refractivity contribution is -0.120. The fourth-order valence-electron chi connectivity index (χ4n) is 1.48. The summed E-state index contributed by atoms with van der Waals surface area (Å²) >= 11 is 0. The number of rotatable bonds is 4. The van der Waals surface area contributed by atoms with E-state index in [4.69, 9.17) is 0 Å². The number of anilines is 1. The summed E-state index contributed by atoms with van der Waals surface area (Å²) in [4.78, 5) is 17.6. The van der Waals surface area contributed by atoms with Crippen LogP contribution in [-0.4, -0.2) is 41.0 Å². The van der Waals surface area contributed by atoms with E-state index in [0.717, 1.165) is 0 Å². The van der Waals surface area contributed by atoms with E-state index >= 15 is 0 Å². The summed E-state index contributed by atoms with van der Waals surface area (Å²) in [6.07, 6.45) is 2.22. The summed E-state index contributed by atoms with van der Waals surface area (Å²) in [6.45, 7) is 1.93. The van der Waals surface area contributed by atoms with E-state index in [1.165, 1.54) is 12.3 Å². The lowest BCUT2D eigenvalue weighted by Gasteiger charge is -2.21. The molecule has 0 aliphatic heterocycles. The first-order valence-corrected chi connectivity index (χ1v) is 5.17. The first-order chi connectivity index (χ1) is 7.56. The third kappa shape index (κ3) is 2.93. The van der Waals surface area contributed by atoms with Crippen LogP contribution in [0.15, 0.2) is 18.3 Å². The predicted molar refractivity (Wildman–Crippen MR) is 62.3 cm³/mol. The Morgan fingerprint density at radius 1 is 1.62 bits per heavy atom. The molecule has 16 heavy (non-hydrogen) atoms. The number of hydrogen-bond acceptors (Lipinski definition) is 4. The van der Waals surface area contributed by atoms with Gasteiger partial charge in [0.1, 0.15) is 0 Å². The molecule has 0 saturated heterocycles. The molecular weight excluding hydrogens is 206 g/mol. The van der Waals surface area contributed by atoms with Gasteiger partial charge in [0, 0.05) is 6.20 Å². The summed E-state index contributed by atoms with van der Waals surface area (Å²) in [5.41, 5.74) is 0. The molecule has 0 fully saturated rings. The van der Waals surface area contributed by atoms with Crippen LogP contribution in [0, 0.1) is 0 Å². The normalized spacial score (nSPS) is 12.5. The highest BCUT2D eigenvalue weighted by Gasteiger charge is 2.19. The van der Waals surface area contributed by atoms with E-state index in [1.54, 1.807) is 6.07 Å². The molecule has 0 spiro atoms. The molecule has 1 heterocycles. The van der Waals surface area contributed by atoms with Gasteiger partial charge in [-0.05, 0) is 32.6 Å². The quantitative estimate of drug-likeness (QED) is 0.801. The van der Waals surface area contributed by atoms with Gasteiger partial charge >= 0.3 is 0 Å². The van der Waals surface area contributed by atoms with Crippen LogP contribution in [0.3, 0.4) is 0 Å². The maximum Gasteiger partial charge on any atom is 0.242 e. The molecule has 1 rings (SSSR count). The van der Waals surface area contributed by atoms with Gasteiger partial charge in [0.15, 0.2) is 11.6 Å². The number of aromatic hydroxyl groups is 1. The standard InChI is InChI=1S/C11H17N3O2/c1-4-8(14(2)3)11(16)13-10-9(15)6-5-7-12-10/h5-8,15H,4H2,1-3H3,(H,12,13,16). The molecule has 2 N–H and O–H groups in total. The zero-order valence-corrected chi connectivity index (χ0v) is 9.77. The Morgan fingerprint density at radius 3 is 2.81 bits per heavy atom. The second kappa shape index (κ2) is 5.46. The number of carbonyl (C=O) groups excluding carboxylic acids is 1. The lowest BCUT2D eigenvalue weighted by Crippen LogP contribution is -2.39. The van der Waals surface area contributed by atoms with Gasteiger partial charge in [-0.3, -0.25) is 9.69 Å². The van der Waals surface area contributed by atoms with Crippen LogP contribution < -0.4 is 5.32 Å². The molecule has 0 aliphatic carbocycles. The maximum atomic E-state index is 11.8. The fraction of sp³-hybridized carbons (Fsp3) is 0.455. The SMILES string of the molecule is CCC(C(=O)Nc1ncccc1O)N(C)C. The van der Waals surface area contributed by atoms with Crippen molar-refractivity contribution in [1.82, 2.24) is 9.88 Å². The highest BCUT2D eigenvalue weighted by Crippen LogP contribution is 2.18. The van der Waals surface area contributed by atoms with Gasteiger partial charge in [-0.15, -0.1) is 0 Å². The molecule has 0 radical (unpaired) electrons. The molecule has 1 aromatic rings. The molecule has 1 aromatic heterocycles. The largest absolute Gasteiger partial charge is 0.504 e. The molecule has 1 atom stereocenters. The van der Waals surface area contributed by atoms with Crippen LogP contribution >= 0.6 is 0 Å². The third-order valence-corrected chi connectivity index (χ3v) is 2.34. The first kappa shape index (κ1) is 12.4. The van der Waals surface area contributed by atoms with Crippen LogP contribution in [0.25, 0.3) is 0 Å². The van der Waals surface area contributed by atoms with E-state index in [9.17, 15) is 9.90 Å². The molecule has 88 valence electrons. The van der Waals surface area contributed by atoms with Crippen molar-refractivity contribution in [2.45, 2.75) is 19.4 Å². The van der Waals surface area contributed by atoms with Crippen molar-refractivity contribution in [2.24, 2.45) is 0 Å². The number of nitrogens with one attached hydrogen (secondary N) is 1. The van der Waals surface area contributed by atoms with Crippen LogP contribution in [0.4, 0.5) is 5.82 Å². The number of likely N-dealkylation sites (N-methyl/N-ethyl adjacent to an activating group) is 1. The maximum absolute atomic E-state index is 11.8. The molecule has 0 bridgehead atoms. The Kier molecular flexibility index (Phi) is 4.25. The number of carbonyl (C=O) groups is 1. The molecular formula is C11H17N3O2. The van der Waals surface area contributed by atoms with Gasteiger partial charge in [-0.1, -0.05) is 6.92 Å². The Hall–Kier alpha value is -1.62. The van der Waals surface area contributed by atoms with E-state index in [2.05, 4.69) is 10.3 Å². The lowest BCUT2D eigenvalue weighted by atomic mass is 10.2. The van der Waals surface area contributed by atoms with Crippen LogP contribution in [-0.2, 0) is 4.79 Å². The Balaban J connectivity index is 2.74. The minimum Gasteiger partial charge on any atom is -0.504 e. The van der Waals surface area contributed by atoms with Crippen molar-refractivity contribution in [3.8, 4) is 5.75 Å². The predicted octanol–water partition coefficient (Wildman–Crippen LogP) is 1.07. The number of amides is 1. The van der Waals surface area contributed by atoms with E-state index in [1.807, 2.05) is 25.9 Å². The van der Waals surface area contributed by atoms with Crippen molar-refractivity contribution in [3.05, 3.63) is 18.3 Å². The monoisotopic (exact) mass is 223 g/mol. The van der Waals surface area contributed by atoms with Crippen molar-refractivity contribution in [1.29, 1.82) is 0 Å². The number of nitrogens with zero attached hydrogens (tertiary/aromatic N) is 2. The minimum atomic E-state index is -0.221. The summed E-state index contributed by atoms with van der Waals surface area (Å²) in [5, 5.41) is 12.1. The van der Waals surface area contributed by atoms with Gasteiger partial charge < -0.3 is 10.4 Å². The first-order valence-electron chi connectivity index (χ1n) is 5.17.